The number of aromatic nitrogens is 3. The Morgan fingerprint density at radius 2 is 1.98 bits per heavy atom. The van der Waals surface area contributed by atoms with Gasteiger partial charge in [-0.2, -0.15) is 0 Å². The van der Waals surface area contributed by atoms with Crippen LogP contribution in [0.15, 0.2) is 48.5 Å². The average molecular weight is 570 g/mol. The second-order valence-corrected chi connectivity index (χ2v) is 10.3. The molecule has 40 heavy (non-hydrogen) atoms. The van der Waals surface area contributed by atoms with Crippen molar-refractivity contribution in [2.24, 2.45) is 7.05 Å². The highest BCUT2D eigenvalue weighted by molar-refractivity contribution is 6.30. The van der Waals surface area contributed by atoms with Gasteiger partial charge in [-0.3, -0.25) is 4.90 Å². The number of ether oxygens (including phenoxy) is 1. The molecule has 2 aromatic heterocycles. The summed E-state index contributed by atoms with van der Waals surface area (Å²) in [6.07, 6.45) is 1.80. The first-order chi connectivity index (χ1) is 19.3. The molecule has 1 fully saturated rings. The van der Waals surface area contributed by atoms with E-state index in [0.29, 0.717) is 39.7 Å². The Morgan fingerprint density at radius 1 is 1.18 bits per heavy atom. The fraction of sp³-hybridized carbons (Fsp3) is 0.345. The van der Waals surface area contributed by atoms with Crippen LogP contribution in [0.5, 0.6) is 5.88 Å². The second kappa shape index (κ2) is 12.2. The van der Waals surface area contributed by atoms with Gasteiger partial charge in [0, 0.05) is 41.9 Å². The van der Waals surface area contributed by atoms with Crippen LogP contribution in [-0.4, -0.2) is 56.8 Å². The SMILES string of the molecule is Cn1c(CN2CCC(c3cccc(OCc4ccc(Cl)cc4F)n3)CC2)nc2c(NCCF)cc(C(=O)O)cc21. The third kappa shape index (κ3) is 6.18. The smallest absolute Gasteiger partial charge is 0.335 e. The fourth-order valence-electron chi connectivity index (χ4n) is 5.03. The molecule has 0 aliphatic carbocycles. The molecule has 11 heteroatoms. The van der Waals surface area contributed by atoms with Gasteiger partial charge in [0.05, 0.1) is 23.3 Å². The standard InChI is InChI=1S/C29H30ClF2N5O3/c1-36-25-14-20(29(38)39)13-24(33-10-9-31)28(25)35-26(36)16-37-11-7-18(8-12-37)23-3-2-4-27(34-23)40-17-19-5-6-21(30)15-22(19)32/h2-6,13-15,18,33H,7-12,16-17H2,1H3,(H,38,39). The van der Waals surface area contributed by atoms with E-state index in [0.717, 1.165) is 37.4 Å². The zero-order chi connectivity index (χ0) is 28.2. The Labute approximate surface area is 235 Å². The summed E-state index contributed by atoms with van der Waals surface area (Å²) in [5.74, 6) is 0.0673. The lowest BCUT2D eigenvalue weighted by Gasteiger charge is -2.31. The Hall–Kier alpha value is -3.76. The van der Waals surface area contributed by atoms with Crippen LogP contribution in [0, 0.1) is 5.82 Å². The number of pyridine rings is 1. The van der Waals surface area contributed by atoms with Crippen LogP contribution in [0.3, 0.4) is 0 Å². The summed E-state index contributed by atoms with van der Waals surface area (Å²) in [6.45, 7) is 1.85. The third-order valence-electron chi connectivity index (χ3n) is 7.24. The fourth-order valence-corrected chi connectivity index (χ4v) is 5.19. The minimum absolute atomic E-state index is 0.0644. The van der Waals surface area contributed by atoms with Crippen molar-refractivity contribution >= 4 is 34.3 Å². The van der Waals surface area contributed by atoms with E-state index in [1.807, 2.05) is 23.7 Å². The van der Waals surface area contributed by atoms with Gasteiger partial charge in [-0.1, -0.05) is 23.7 Å². The minimum Gasteiger partial charge on any atom is -0.478 e. The molecule has 1 aliphatic rings. The number of fused-ring (bicyclic) bond motifs is 1. The van der Waals surface area contributed by atoms with Crippen LogP contribution in [-0.2, 0) is 20.2 Å². The molecule has 0 spiro atoms. The van der Waals surface area contributed by atoms with E-state index in [2.05, 4.69) is 15.2 Å². The number of rotatable bonds is 10. The maximum absolute atomic E-state index is 14.1. The number of aryl methyl sites for hydroxylation is 1. The Balaban J connectivity index is 1.23. The van der Waals surface area contributed by atoms with Crippen LogP contribution in [0.25, 0.3) is 11.0 Å². The van der Waals surface area contributed by atoms with E-state index >= 15 is 0 Å². The molecule has 210 valence electrons. The van der Waals surface area contributed by atoms with Gasteiger partial charge in [0.1, 0.15) is 30.4 Å². The monoisotopic (exact) mass is 569 g/mol. The van der Waals surface area contributed by atoms with Gasteiger partial charge >= 0.3 is 5.97 Å². The number of hydrogen-bond donors (Lipinski definition) is 2. The van der Waals surface area contributed by atoms with Crippen molar-refractivity contribution in [3.8, 4) is 5.88 Å². The molecular formula is C29H30ClF2N5O3. The summed E-state index contributed by atoms with van der Waals surface area (Å²) in [5.41, 5.74) is 3.31. The zero-order valence-electron chi connectivity index (χ0n) is 22.0. The van der Waals surface area contributed by atoms with E-state index in [1.54, 1.807) is 24.3 Å². The van der Waals surface area contributed by atoms with Gasteiger partial charge in [0.2, 0.25) is 5.88 Å². The van der Waals surface area contributed by atoms with Gasteiger partial charge in [-0.05, 0) is 56.3 Å². The number of imidazole rings is 1. The molecule has 8 nitrogen and oxygen atoms in total. The molecule has 0 radical (unpaired) electrons. The topological polar surface area (TPSA) is 92.5 Å². The van der Waals surface area contributed by atoms with E-state index in [9.17, 15) is 18.7 Å². The lowest BCUT2D eigenvalue weighted by atomic mass is 9.93. The number of piperidine rings is 1. The van der Waals surface area contributed by atoms with E-state index in [4.69, 9.17) is 21.3 Å². The van der Waals surface area contributed by atoms with Gasteiger partial charge in [0.15, 0.2) is 0 Å². The van der Waals surface area contributed by atoms with Crippen molar-refractivity contribution in [2.45, 2.75) is 31.9 Å². The summed E-state index contributed by atoms with van der Waals surface area (Å²) in [5, 5.41) is 12.8. The summed E-state index contributed by atoms with van der Waals surface area (Å²) >= 11 is 5.83. The van der Waals surface area contributed by atoms with Crippen LogP contribution in [0.2, 0.25) is 5.02 Å². The first-order valence-electron chi connectivity index (χ1n) is 13.1. The van der Waals surface area contributed by atoms with Crippen molar-refractivity contribution in [1.29, 1.82) is 0 Å². The van der Waals surface area contributed by atoms with Crippen molar-refractivity contribution < 1.29 is 23.4 Å². The van der Waals surface area contributed by atoms with Gasteiger partial charge in [0.25, 0.3) is 0 Å². The highest BCUT2D eigenvalue weighted by Gasteiger charge is 2.24. The van der Waals surface area contributed by atoms with Crippen LogP contribution in [0.1, 0.15) is 46.2 Å². The molecule has 2 N–H and O–H groups in total. The van der Waals surface area contributed by atoms with Crippen molar-refractivity contribution in [3.63, 3.8) is 0 Å². The van der Waals surface area contributed by atoms with E-state index in [1.165, 1.54) is 12.1 Å². The predicted octanol–water partition coefficient (Wildman–Crippen LogP) is 5.80. The summed E-state index contributed by atoms with van der Waals surface area (Å²) in [6, 6.07) is 13.3. The quantitative estimate of drug-likeness (QED) is 0.249. The largest absolute Gasteiger partial charge is 0.478 e. The van der Waals surface area contributed by atoms with Crippen LogP contribution >= 0.6 is 11.6 Å². The normalized spacial score (nSPS) is 14.5. The second-order valence-electron chi connectivity index (χ2n) is 9.88. The number of carboxylic acid groups (broad SMARTS) is 1. The number of nitrogens with zero attached hydrogens (tertiary/aromatic N) is 4. The first kappa shape index (κ1) is 27.8. The number of likely N-dealkylation sites (tertiary alicyclic amines) is 1. The number of alkyl halides is 1. The number of halogens is 3. The highest BCUT2D eigenvalue weighted by atomic mass is 35.5. The Kier molecular flexibility index (Phi) is 8.46. The molecule has 5 rings (SSSR count). The zero-order valence-corrected chi connectivity index (χ0v) is 22.8. The number of aromatic carboxylic acids is 1. The maximum Gasteiger partial charge on any atom is 0.335 e. The lowest BCUT2D eigenvalue weighted by molar-refractivity contribution is 0.0697. The van der Waals surface area contributed by atoms with E-state index in [-0.39, 0.29) is 24.6 Å². The number of anilines is 1. The molecule has 3 heterocycles. The van der Waals surface area contributed by atoms with E-state index < -0.39 is 18.5 Å². The molecule has 0 atom stereocenters. The average Bonchev–Trinajstić information content (AvgIpc) is 3.26. The van der Waals surface area contributed by atoms with Gasteiger partial charge < -0.3 is 19.7 Å². The maximum atomic E-state index is 14.1. The molecule has 0 amide bonds. The molecule has 1 saturated heterocycles. The lowest BCUT2D eigenvalue weighted by Crippen LogP contribution is -2.33. The molecule has 4 aromatic rings. The number of hydrogen-bond acceptors (Lipinski definition) is 6. The van der Waals surface area contributed by atoms with Crippen molar-refractivity contribution in [2.75, 3.05) is 31.6 Å². The van der Waals surface area contributed by atoms with Gasteiger partial charge in [-0.15, -0.1) is 0 Å². The summed E-state index contributed by atoms with van der Waals surface area (Å²) < 4.78 is 34.6. The summed E-state index contributed by atoms with van der Waals surface area (Å²) in [4.78, 5) is 23.4. The number of benzene rings is 2. The van der Waals surface area contributed by atoms with Crippen LogP contribution in [0.4, 0.5) is 14.5 Å². The molecule has 0 unspecified atom stereocenters. The number of nitrogens with one attached hydrogen (secondary N) is 1. The number of carbonyl (C=O) groups is 1. The molecule has 0 saturated carbocycles. The molecular weight excluding hydrogens is 540 g/mol. The Morgan fingerprint density at radius 3 is 2.70 bits per heavy atom. The summed E-state index contributed by atoms with van der Waals surface area (Å²) in [7, 11) is 1.87. The highest BCUT2D eigenvalue weighted by Crippen LogP contribution is 2.30. The minimum atomic E-state index is -1.05. The molecule has 1 aliphatic heterocycles. The third-order valence-corrected chi connectivity index (χ3v) is 7.48. The Bertz CT molecular complexity index is 1520. The van der Waals surface area contributed by atoms with Gasteiger partial charge in [-0.25, -0.2) is 23.5 Å². The molecule has 2 aromatic carbocycles. The van der Waals surface area contributed by atoms with Crippen molar-refractivity contribution in [3.05, 3.63) is 82.0 Å². The first-order valence-corrected chi connectivity index (χ1v) is 13.5. The number of carboxylic acids is 1. The predicted molar refractivity (Wildman–Crippen MR) is 149 cm³/mol. The van der Waals surface area contributed by atoms with Crippen LogP contribution < -0.4 is 10.1 Å². The molecule has 0 bridgehead atoms. The van der Waals surface area contributed by atoms with Crippen molar-refractivity contribution in [1.82, 2.24) is 19.4 Å².